The minimum absolute atomic E-state index is 0.0416. The van der Waals surface area contributed by atoms with Crippen LogP contribution in [0.4, 0.5) is 14.9 Å². The molecule has 8 nitrogen and oxygen atoms in total. The summed E-state index contributed by atoms with van der Waals surface area (Å²) in [6.45, 7) is 5.43. The SMILES string of the molecule is CC(C)(C)OC(=O)Nc1ccc(-c2ccc(-c3ccc(CC(NC(=O)c4ccc(-c5ccc(F)cc5)o4)C(=O)O)cc3[IH+])s2)cc1. The molecule has 0 bridgehead atoms. The number of carbonyl (C=O) groups excluding carboxylic acids is 2. The Morgan fingerprint density at radius 2 is 1.59 bits per heavy atom. The van der Waals surface area contributed by atoms with Crippen molar-refractivity contribution in [3.8, 4) is 32.2 Å². The third kappa shape index (κ3) is 8.40. The van der Waals surface area contributed by atoms with Gasteiger partial charge in [-0.15, -0.1) is 11.3 Å². The Morgan fingerprint density at radius 1 is 0.913 bits per heavy atom. The summed E-state index contributed by atoms with van der Waals surface area (Å²) in [5, 5.41) is 15.1. The number of furan rings is 1. The molecule has 11 heteroatoms. The number of amides is 2. The highest BCUT2D eigenvalue weighted by Crippen LogP contribution is 2.35. The first-order valence-corrected chi connectivity index (χ1v) is 16.2. The van der Waals surface area contributed by atoms with E-state index < -0.39 is 29.6 Å². The Morgan fingerprint density at radius 3 is 2.24 bits per heavy atom. The third-order valence-corrected chi connectivity index (χ3v) is 8.87. The van der Waals surface area contributed by atoms with Crippen LogP contribution in [0.15, 0.2) is 95.4 Å². The first-order valence-electron chi connectivity index (χ1n) is 14.2. The lowest BCUT2D eigenvalue weighted by atomic mass is 10.0. The molecule has 0 aliphatic heterocycles. The Hall–Kier alpha value is -4.49. The topological polar surface area (TPSA) is 118 Å². The van der Waals surface area contributed by atoms with Crippen LogP contribution in [0.3, 0.4) is 0 Å². The Balaban J connectivity index is 1.23. The number of benzene rings is 3. The molecule has 2 amide bonds. The average Bonchev–Trinajstić information content (AvgIpc) is 3.68. The van der Waals surface area contributed by atoms with Gasteiger partial charge in [-0.05, 0) is 105 Å². The number of carboxylic acid groups (broad SMARTS) is 1. The summed E-state index contributed by atoms with van der Waals surface area (Å²) in [5.41, 5.74) is 3.43. The molecule has 1 unspecified atom stereocenters. The van der Waals surface area contributed by atoms with E-state index in [2.05, 4.69) is 10.6 Å². The van der Waals surface area contributed by atoms with Gasteiger partial charge in [-0.1, -0.05) is 18.2 Å². The van der Waals surface area contributed by atoms with Crippen LogP contribution in [0.1, 0.15) is 36.9 Å². The molecule has 5 aromatic rings. The van der Waals surface area contributed by atoms with Crippen molar-refractivity contribution in [3.05, 3.63) is 112 Å². The van der Waals surface area contributed by atoms with Gasteiger partial charge in [0.05, 0.1) is 0 Å². The van der Waals surface area contributed by atoms with E-state index in [-0.39, 0.29) is 18.0 Å². The number of anilines is 1. The predicted molar refractivity (Wildman–Crippen MR) is 172 cm³/mol. The highest BCUT2D eigenvalue weighted by Gasteiger charge is 2.24. The van der Waals surface area contributed by atoms with E-state index >= 15 is 0 Å². The van der Waals surface area contributed by atoms with Crippen LogP contribution >= 0.6 is 11.3 Å². The number of halogens is 2. The van der Waals surface area contributed by atoms with E-state index in [0.717, 1.165) is 30.0 Å². The molecule has 3 aromatic carbocycles. The zero-order chi connectivity index (χ0) is 33.0. The van der Waals surface area contributed by atoms with E-state index in [4.69, 9.17) is 9.15 Å². The standard InChI is InChI=1S/C35H30FIN2O6S/c1-35(2,3)45-34(43)38-24-11-7-22(8-12-24)30-16-17-31(46-30)25-13-4-20(18-26(25)37)19-27(33(41)42)39-32(40)29-15-14-28(44-29)21-5-9-23(36)10-6-21/h4-18,27,37H,19H2,1-3H3,(H2-,38,39,40,41,42,43)/p+1. The summed E-state index contributed by atoms with van der Waals surface area (Å²) in [7, 11) is 0. The summed E-state index contributed by atoms with van der Waals surface area (Å²) >= 11 is 3.50. The second kappa shape index (κ2) is 13.9. The molecule has 0 aliphatic carbocycles. The van der Waals surface area contributed by atoms with Crippen molar-refractivity contribution in [2.75, 3.05) is 5.32 Å². The smallest absolute Gasteiger partial charge is 0.412 e. The molecule has 0 saturated carbocycles. The Bertz CT molecular complexity index is 1880. The van der Waals surface area contributed by atoms with Gasteiger partial charge >= 0.3 is 12.1 Å². The van der Waals surface area contributed by atoms with Crippen molar-refractivity contribution >= 4 is 35.0 Å². The van der Waals surface area contributed by atoms with E-state index in [0.29, 0.717) is 17.0 Å². The molecule has 2 aromatic heterocycles. The molecule has 0 spiro atoms. The van der Waals surface area contributed by atoms with E-state index in [1.54, 1.807) is 17.4 Å². The third-order valence-electron chi connectivity index (χ3n) is 6.73. The molecule has 0 fully saturated rings. The van der Waals surface area contributed by atoms with E-state index in [1.165, 1.54) is 30.3 Å². The minimum Gasteiger partial charge on any atom is -0.480 e. The molecule has 236 valence electrons. The summed E-state index contributed by atoms with van der Waals surface area (Å²) < 4.78 is 25.1. The lowest BCUT2D eigenvalue weighted by molar-refractivity contribution is -0.326. The number of nitrogens with one attached hydrogen (secondary N) is 2. The molecular formula is C35H31FIN2O6S+. The maximum atomic E-state index is 13.2. The van der Waals surface area contributed by atoms with Crippen molar-refractivity contribution in [2.45, 2.75) is 38.8 Å². The summed E-state index contributed by atoms with van der Waals surface area (Å²) in [6, 6.07) is 24.8. The number of hydrogen-bond acceptors (Lipinski definition) is 6. The number of hydrogen-bond donors (Lipinski definition) is 3. The average molecular weight is 754 g/mol. The highest BCUT2D eigenvalue weighted by molar-refractivity contribution is 7.18. The van der Waals surface area contributed by atoms with E-state index in [9.17, 15) is 23.9 Å². The maximum Gasteiger partial charge on any atom is 0.412 e. The molecule has 1 atom stereocenters. The predicted octanol–water partition coefficient (Wildman–Crippen LogP) is 4.71. The highest BCUT2D eigenvalue weighted by atomic mass is 127. The molecule has 0 aliphatic rings. The molecule has 0 saturated heterocycles. The Labute approximate surface area is 282 Å². The molecule has 5 rings (SSSR count). The van der Waals surface area contributed by atoms with Gasteiger partial charge in [-0.2, -0.15) is 0 Å². The van der Waals surface area contributed by atoms with Gasteiger partial charge in [0.1, 0.15) is 23.2 Å². The fraction of sp³-hybridized carbons (Fsp3) is 0.171. The lowest BCUT2D eigenvalue weighted by Gasteiger charge is -2.19. The zero-order valence-electron chi connectivity index (χ0n) is 25.1. The molecule has 0 radical (unpaired) electrons. The number of aliphatic carboxylic acids is 1. The van der Waals surface area contributed by atoms with Gasteiger partial charge in [0, 0.05) is 33.0 Å². The number of carbonyl (C=O) groups is 3. The van der Waals surface area contributed by atoms with Crippen LogP contribution in [-0.4, -0.2) is 34.7 Å². The van der Waals surface area contributed by atoms with Crippen molar-refractivity contribution in [2.24, 2.45) is 0 Å². The first kappa shape index (κ1) is 32.9. The number of carboxylic acids is 1. The van der Waals surface area contributed by atoms with Gasteiger partial charge < -0.3 is 19.6 Å². The van der Waals surface area contributed by atoms with Gasteiger partial charge in [-0.3, -0.25) is 10.1 Å². The fourth-order valence-electron chi connectivity index (χ4n) is 4.57. The fourth-order valence-corrected chi connectivity index (χ4v) is 6.76. The molecule has 46 heavy (non-hydrogen) atoms. The van der Waals surface area contributed by atoms with Crippen LogP contribution in [0.2, 0.25) is 0 Å². The molecular weight excluding hydrogens is 722 g/mol. The lowest BCUT2D eigenvalue weighted by Crippen LogP contribution is -3.34. The largest absolute Gasteiger partial charge is 0.480 e. The zero-order valence-corrected chi connectivity index (χ0v) is 28.3. The van der Waals surface area contributed by atoms with Crippen molar-refractivity contribution < 1.29 is 55.6 Å². The van der Waals surface area contributed by atoms with Crippen LogP contribution in [0.5, 0.6) is 0 Å². The van der Waals surface area contributed by atoms with E-state index in [1.807, 2.05) is 98.0 Å². The second-order valence-electron chi connectivity index (χ2n) is 11.4. The monoisotopic (exact) mass is 753 g/mol. The van der Waals surface area contributed by atoms with Gasteiger partial charge in [0.2, 0.25) is 0 Å². The quantitative estimate of drug-likeness (QED) is 0.188. The normalized spacial score (nSPS) is 11.9. The number of thiophene rings is 1. The van der Waals surface area contributed by atoms with Crippen molar-refractivity contribution in [1.82, 2.24) is 5.32 Å². The van der Waals surface area contributed by atoms with Crippen LogP contribution in [0, 0.1) is 9.39 Å². The minimum atomic E-state index is -1.18. The van der Waals surface area contributed by atoms with Crippen molar-refractivity contribution in [3.63, 3.8) is 0 Å². The van der Waals surface area contributed by atoms with Crippen LogP contribution in [0.25, 0.3) is 32.2 Å². The van der Waals surface area contributed by atoms with Gasteiger partial charge in [0.15, 0.2) is 9.33 Å². The molecule has 2 heterocycles. The number of rotatable bonds is 9. The summed E-state index contributed by atoms with van der Waals surface area (Å²) in [6.07, 6.45) is -0.432. The maximum absolute atomic E-state index is 13.2. The first-order chi connectivity index (χ1) is 21.8. The Kier molecular flexibility index (Phi) is 9.92. The van der Waals surface area contributed by atoms with Crippen LogP contribution < -0.4 is 33.2 Å². The summed E-state index contributed by atoms with van der Waals surface area (Å²) in [4.78, 5) is 39.1. The molecule has 3 N–H and O–H groups in total. The second-order valence-corrected chi connectivity index (χ2v) is 13.8. The van der Waals surface area contributed by atoms with Gasteiger partial charge in [0.25, 0.3) is 28.5 Å². The van der Waals surface area contributed by atoms with Crippen LogP contribution in [-0.2, 0) is 16.0 Å². The van der Waals surface area contributed by atoms with Gasteiger partial charge in [-0.25, -0.2) is 14.0 Å². The summed E-state index contributed by atoms with van der Waals surface area (Å²) in [5.74, 6) is -1.89. The number of ether oxygens (including phenoxy) is 1. The van der Waals surface area contributed by atoms with Crippen molar-refractivity contribution in [1.29, 1.82) is 0 Å².